The van der Waals surface area contributed by atoms with E-state index in [9.17, 15) is 4.79 Å². The molecule has 0 aliphatic carbocycles. The van der Waals surface area contributed by atoms with Crippen molar-refractivity contribution in [3.8, 4) is 11.8 Å². The zero-order valence-electron chi connectivity index (χ0n) is 11.0. The lowest BCUT2D eigenvalue weighted by Gasteiger charge is -2.08. The molecular weight excluding hydrogens is 224 g/mol. The summed E-state index contributed by atoms with van der Waals surface area (Å²) in [6.45, 7) is 4.38. The molecular formula is C15H20N2O. The number of carbonyl (C=O) groups excluding carboxylic acids is 1. The molecule has 18 heavy (non-hydrogen) atoms. The Morgan fingerprint density at radius 3 is 2.89 bits per heavy atom. The van der Waals surface area contributed by atoms with Gasteiger partial charge in [0.15, 0.2) is 0 Å². The summed E-state index contributed by atoms with van der Waals surface area (Å²) >= 11 is 0. The molecule has 0 fully saturated rings. The van der Waals surface area contributed by atoms with E-state index in [0.29, 0.717) is 13.0 Å². The number of nitrogens with two attached hydrogens (primary N) is 1. The van der Waals surface area contributed by atoms with Crippen molar-refractivity contribution in [2.75, 3.05) is 11.9 Å². The van der Waals surface area contributed by atoms with Gasteiger partial charge in [0.05, 0.1) is 12.2 Å². The van der Waals surface area contributed by atoms with Crippen LogP contribution in [0.3, 0.4) is 0 Å². The minimum Gasteiger partial charge on any atom is -0.325 e. The van der Waals surface area contributed by atoms with Crippen LogP contribution in [0.2, 0.25) is 0 Å². The van der Waals surface area contributed by atoms with Gasteiger partial charge >= 0.3 is 0 Å². The van der Waals surface area contributed by atoms with Gasteiger partial charge in [0.1, 0.15) is 0 Å². The van der Waals surface area contributed by atoms with Gasteiger partial charge in [-0.3, -0.25) is 4.79 Å². The molecule has 0 aliphatic rings. The summed E-state index contributed by atoms with van der Waals surface area (Å²) in [7, 11) is 0. The van der Waals surface area contributed by atoms with Gasteiger partial charge in [-0.05, 0) is 31.0 Å². The lowest BCUT2D eigenvalue weighted by Crippen LogP contribution is -2.12. The van der Waals surface area contributed by atoms with Gasteiger partial charge in [-0.1, -0.05) is 31.3 Å². The van der Waals surface area contributed by atoms with Crippen LogP contribution >= 0.6 is 0 Å². The van der Waals surface area contributed by atoms with Crippen LogP contribution in [-0.4, -0.2) is 12.5 Å². The molecule has 0 aliphatic heterocycles. The van der Waals surface area contributed by atoms with Gasteiger partial charge in [0, 0.05) is 12.0 Å². The number of anilines is 1. The molecule has 1 aromatic rings. The van der Waals surface area contributed by atoms with Crippen LogP contribution in [0.15, 0.2) is 18.2 Å². The van der Waals surface area contributed by atoms with Crippen molar-refractivity contribution in [1.29, 1.82) is 0 Å². The average molecular weight is 244 g/mol. The van der Waals surface area contributed by atoms with E-state index >= 15 is 0 Å². The molecule has 1 aromatic carbocycles. The third kappa shape index (κ3) is 4.60. The van der Waals surface area contributed by atoms with E-state index in [0.717, 1.165) is 29.7 Å². The molecule has 1 rings (SSSR count). The zero-order valence-corrected chi connectivity index (χ0v) is 11.0. The van der Waals surface area contributed by atoms with E-state index in [1.165, 1.54) is 0 Å². The summed E-state index contributed by atoms with van der Waals surface area (Å²) in [4.78, 5) is 11.7. The predicted octanol–water partition coefficient (Wildman–Crippen LogP) is 2.43. The molecule has 0 unspecified atom stereocenters. The van der Waals surface area contributed by atoms with Crippen LogP contribution < -0.4 is 11.1 Å². The van der Waals surface area contributed by atoms with Crippen LogP contribution in [0.1, 0.15) is 37.3 Å². The highest BCUT2D eigenvalue weighted by Crippen LogP contribution is 2.16. The highest BCUT2D eigenvalue weighted by molar-refractivity contribution is 5.92. The van der Waals surface area contributed by atoms with E-state index in [-0.39, 0.29) is 5.91 Å². The third-order valence-corrected chi connectivity index (χ3v) is 2.53. The van der Waals surface area contributed by atoms with Crippen molar-refractivity contribution in [3.63, 3.8) is 0 Å². The fraction of sp³-hybridized carbons (Fsp3) is 0.400. The first-order valence-corrected chi connectivity index (χ1v) is 6.26. The second-order valence-electron chi connectivity index (χ2n) is 4.21. The smallest absolute Gasteiger partial charge is 0.224 e. The quantitative estimate of drug-likeness (QED) is 0.799. The van der Waals surface area contributed by atoms with Crippen LogP contribution in [0, 0.1) is 18.8 Å². The molecule has 3 heteroatoms. The monoisotopic (exact) mass is 244 g/mol. The number of rotatable bonds is 4. The average Bonchev–Trinajstić information content (AvgIpc) is 2.36. The summed E-state index contributed by atoms with van der Waals surface area (Å²) < 4.78 is 0. The highest BCUT2D eigenvalue weighted by Gasteiger charge is 2.05. The van der Waals surface area contributed by atoms with Crippen LogP contribution in [0.25, 0.3) is 0 Å². The van der Waals surface area contributed by atoms with Crippen LogP contribution in [-0.2, 0) is 4.79 Å². The van der Waals surface area contributed by atoms with Gasteiger partial charge in [-0.2, -0.15) is 0 Å². The van der Waals surface area contributed by atoms with E-state index in [1.54, 1.807) is 0 Å². The number of unbranched alkanes of at least 4 members (excludes halogenated alkanes) is 1. The molecule has 0 saturated heterocycles. The maximum atomic E-state index is 11.7. The fourth-order valence-corrected chi connectivity index (χ4v) is 1.57. The minimum atomic E-state index is 0.0384. The van der Waals surface area contributed by atoms with Crippen LogP contribution in [0.5, 0.6) is 0 Å². The Bertz CT molecular complexity index is 469. The Balaban J connectivity index is 2.84. The first-order valence-electron chi connectivity index (χ1n) is 6.26. The molecule has 3 nitrogen and oxygen atoms in total. The Kier molecular flexibility index (Phi) is 5.96. The van der Waals surface area contributed by atoms with Crippen molar-refractivity contribution in [2.24, 2.45) is 5.73 Å². The summed E-state index contributed by atoms with van der Waals surface area (Å²) in [6, 6.07) is 5.81. The van der Waals surface area contributed by atoms with Gasteiger partial charge in [0.2, 0.25) is 5.91 Å². The molecule has 0 heterocycles. The Hall–Kier alpha value is -1.79. The topological polar surface area (TPSA) is 55.1 Å². The Morgan fingerprint density at radius 2 is 2.22 bits per heavy atom. The lowest BCUT2D eigenvalue weighted by molar-refractivity contribution is -0.116. The second-order valence-corrected chi connectivity index (χ2v) is 4.21. The van der Waals surface area contributed by atoms with Gasteiger partial charge < -0.3 is 11.1 Å². The van der Waals surface area contributed by atoms with Crippen LogP contribution in [0.4, 0.5) is 5.69 Å². The zero-order chi connectivity index (χ0) is 13.4. The minimum absolute atomic E-state index is 0.0384. The molecule has 0 bridgehead atoms. The van der Waals surface area contributed by atoms with E-state index in [2.05, 4.69) is 24.1 Å². The number of hydrogen-bond donors (Lipinski definition) is 2. The number of amides is 1. The molecule has 0 spiro atoms. The van der Waals surface area contributed by atoms with Crippen molar-refractivity contribution in [3.05, 3.63) is 29.3 Å². The van der Waals surface area contributed by atoms with Gasteiger partial charge in [-0.25, -0.2) is 0 Å². The first-order chi connectivity index (χ1) is 8.67. The summed E-state index contributed by atoms with van der Waals surface area (Å²) in [5, 5.41) is 2.90. The third-order valence-electron chi connectivity index (χ3n) is 2.53. The standard InChI is InChI=1S/C15H20N2O/c1-3-4-7-15(18)17-14-9-8-12(2)11-13(14)6-5-10-16/h8-9,11H,3-4,7,10,16H2,1-2H3,(H,17,18). The maximum Gasteiger partial charge on any atom is 0.224 e. The maximum absolute atomic E-state index is 11.7. The first kappa shape index (κ1) is 14.3. The lowest BCUT2D eigenvalue weighted by atomic mass is 10.1. The molecule has 0 saturated carbocycles. The largest absolute Gasteiger partial charge is 0.325 e. The Morgan fingerprint density at radius 1 is 1.44 bits per heavy atom. The number of benzene rings is 1. The molecule has 1 amide bonds. The van der Waals surface area contributed by atoms with Crippen molar-refractivity contribution in [1.82, 2.24) is 0 Å². The molecule has 0 radical (unpaired) electrons. The van der Waals surface area contributed by atoms with E-state index in [1.807, 2.05) is 25.1 Å². The SMILES string of the molecule is CCCCC(=O)Nc1ccc(C)cc1C#CCN. The normalized spacial score (nSPS) is 9.50. The number of hydrogen-bond acceptors (Lipinski definition) is 2. The second kappa shape index (κ2) is 7.52. The fourth-order valence-electron chi connectivity index (χ4n) is 1.57. The van der Waals surface area contributed by atoms with Gasteiger partial charge in [0.25, 0.3) is 0 Å². The number of nitrogens with one attached hydrogen (secondary N) is 1. The molecule has 96 valence electrons. The Labute approximate surface area is 109 Å². The van der Waals surface area contributed by atoms with Crippen molar-refractivity contribution in [2.45, 2.75) is 33.1 Å². The highest BCUT2D eigenvalue weighted by atomic mass is 16.1. The summed E-state index contributed by atoms with van der Waals surface area (Å²) in [5.74, 6) is 5.84. The molecule has 3 N–H and O–H groups in total. The van der Waals surface area contributed by atoms with Crippen molar-refractivity contribution >= 4 is 11.6 Å². The molecule has 0 atom stereocenters. The van der Waals surface area contributed by atoms with Gasteiger partial charge in [-0.15, -0.1) is 0 Å². The molecule has 0 aromatic heterocycles. The van der Waals surface area contributed by atoms with E-state index in [4.69, 9.17) is 5.73 Å². The summed E-state index contributed by atoms with van der Waals surface area (Å²) in [5.41, 5.74) is 8.07. The predicted molar refractivity (Wildman–Crippen MR) is 75.3 cm³/mol. The number of carbonyl (C=O) groups is 1. The van der Waals surface area contributed by atoms with E-state index < -0.39 is 0 Å². The van der Waals surface area contributed by atoms with Crippen molar-refractivity contribution < 1.29 is 4.79 Å². The number of aryl methyl sites for hydroxylation is 1. The summed E-state index contributed by atoms with van der Waals surface area (Å²) in [6.07, 6.45) is 2.47.